The lowest BCUT2D eigenvalue weighted by molar-refractivity contribution is -0.154. The van der Waals surface area contributed by atoms with Gasteiger partial charge in [0.25, 0.3) is 5.91 Å². The van der Waals surface area contributed by atoms with Gasteiger partial charge in [0.2, 0.25) is 14.3 Å². The molecule has 5 rings (SSSR count). The molecule has 2 aromatic carbocycles. The van der Waals surface area contributed by atoms with Crippen molar-refractivity contribution in [3.8, 4) is 5.75 Å². The monoisotopic (exact) mass is 570 g/mol. The molecule has 0 saturated carbocycles. The Balaban J connectivity index is 1.52. The molecule has 1 N–H and O–H groups in total. The Labute approximate surface area is 234 Å². The maximum Gasteiger partial charge on any atom is 0.304 e. The predicted octanol–water partition coefficient (Wildman–Crippen LogP) is 4.03. The zero-order valence-electron chi connectivity index (χ0n) is 23.3. The number of aliphatic hydroxyl groups is 1. The van der Waals surface area contributed by atoms with Crippen LogP contribution in [0.25, 0.3) is 0 Å². The van der Waals surface area contributed by atoms with Crippen molar-refractivity contribution in [1.82, 2.24) is 0 Å². The van der Waals surface area contributed by atoms with Crippen molar-refractivity contribution in [2.24, 2.45) is 5.92 Å². The van der Waals surface area contributed by atoms with Gasteiger partial charge in [-0.2, -0.15) is 0 Å². The van der Waals surface area contributed by atoms with Gasteiger partial charge in [-0.05, 0) is 55.4 Å². The summed E-state index contributed by atoms with van der Waals surface area (Å²) in [6, 6.07) is 12.5. The normalized spacial score (nSPS) is 27.7. The number of aliphatic hydroxyl groups excluding tert-OH is 1. The summed E-state index contributed by atoms with van der Waals surface area (Å²) in [6.07, 6.45) is -0.912. The van der Waals surface area contributed by atoms with Crippen LogP contribution in [0.15, 0.2) is 42.5 Å². The van der Waals surface area contributed by atoms with Gasteiger partial charge in [0, 0.05) is 36.2 Å². The number of carbonyl (C=O) groups is 3. The molecule has 11 heteroatoms. The van der Waals surface area contributed by atoms with Gasteiger partial charge in [0.05, 0.1) is 31.9 Å². The maximum absolute atomic E-state index is 15.7. The first-order valence-corrected chi connectivity index (χ1v) is 16.4. The number of anilines is 2. The fourth-order valence-corrected chi connectivity index (χ4v) is 9.22. The van der Waals surface area contributed by atoms with Crippen LogP contribution in [0.3, 0.4) is 0 Å². The van der Waals surface area contributed by atoms with E-state index in [0.29, 0.717) is 22.7 Å². The molecule has 0 bridgehead atoms. The second-order valence-corrected chi connectivity index (χ2v) is 15.1. The van der Waals surface area contributed by atoms with Gasteiger partial charge in [-0.3, -0.25) is 19.3 Å². The number of esters is 1. The molecule has 3 heterocycles. The first kappa shape index (κ1) is 28.3. The molecular weight excluding hydrogens is 535 g/mol. The molecule has 9 nitrogen and oxygen atoms in total. The Hall–Kier alpha value is -3.28. The van der Waals surface area contributed by atoms with E-state index in [9.17, 15) is 19.5 Å². The SMILES string of the molecule is COc1ccc2c(c1)[C@@]1(O[C@H](CCO)[C@@H]([Si](C)(C)F)[C@@H]1C)C(=O)N2Cc1cccc(N2C(=O)CC2OC(C)=O)c1. The number of hydrogen-bond acceptors (Lipinski definition) is 7. The molecule has 2 fully saturated rings. The van der Waals surface area contributed by atoms with Crippen molar-refractivity contribution < 1.29 is 37.8 Å². The third-order valence-electron chi connectivity index (χ3n) is 8.32. The lowest BCUT2D eigenvalue weighted by atomic mass is 9.82. The molecule has 0 aliphatic carbocycles. The highest BCUT2D eigenvalue weighted by atomic mass is 28.4. The van der Waals surface area contributed by atoms with Crippen LogP contribution in [0.1, 0.15) is 37.8 Å². The Morgan fingerprint density at radius 1 is 1.23 bits per heavy atom. The van der Waals surface area contributed by atoms with E-state index in [-0.39, 0.29) is 37.8 Å². The summed E-state index contributed by atoms with van der Waals surface area (Å²) >= 11 is 0. The lowest BCUT2D eigenvalue weighted by Gasteiger charge is -2.39. The zero-order chi connectivity index (χ0) is 29.0. The summed E-state index contributed by atoms with van der Waals surface area (Å²) < 4.78 is 33.0. The number of amides is 2. The average Bonchev–Trinajstić information content (AvgIpc) is 3.30. The largest absolute Gasteiger partial charge is 0.497 e. The van der Waals surface area contributed by atoms with Crippen molar-refractivity contribution in [3.05, 3.63) is 53.6 Å². The maximum atomic E-state index is 15.7. The standard InChI is InChI=1S/C29H35FN2O7Si/c1-17-27(40(4,5)30)24(11-12-33)39-29(17)22-14-21(37-3)9-10-23(22)31(28(29)36)16-19-7-6-8-20(13-19)32-25(35)15-26(32)38-18(2)34/h6-10,13-14,17,24,26-27,33H,11-12,15-16H2,1-5H3/t17-,24+,26?,27-,29+/m0/s1. The molecule has 3 aliphatic heterocycles. The quantitative estimate of drug-likeness (QED) is 0.221. The summed E-state index contributed by atoms with van der Waals surface area (Å²) in [5.74, 6) is -0.855. The van der Waals surface area contributed by atoms with Crippen molar-refractivity contribution in [2.45, 2.75) is 69.8 Å². The van der Waals surface area contributed by atoms with Gasteiger partial charge in [-0.25, -0.2) is 0 Å². The zero-order valence-corrected chi connectivity index (χ0v) is 24.3. The van der Waals surface area contributed by atoms with Gasteiger partial charge in [0.1, 0.15) is 5.75 Å². The molecule has 5 atom stereocenters. The van der Waals surface area contributed by atoms with E-state index in [1.54, 1.807) is 55.4 Å². The molecule has 40 heavy (non-hydrogen) atoms. The minimum Gasteiger partial charge on any atom is -0.497 e. The van der Waals surface area contributed by atoms with E-state index in [0.717, 1.165) is 5.56 Å². The van der Waals surface area contributed by atoms with Crippen molar-refractivity contribution in [1.29, 1.82) is 0 Å². The Bertz CT molecular complexity index is 1350. The van der Waals surface area contributed by atoms with Crippen LogP contribution in [-0.4, -0.2) is 57.3 Å². The number of ether oxygens (including phenoxy) is 3. The van der Waals surface area contributed by atoms with Gasteiger partial charge >= 0.3 is 5.97 Å². The molecular formula is C29H35FN2O7Si. The van der Waals surface area contributed by atoms with Crippen LogP contribution in [-0.2, 0) is 36.0 Å². The number of rotatable bonds is 8. The third-order valence-corrected chi connectivity index (χ3v) is 10.8. The van der Waals surface area contributed by atoms with E-state index in [4.69, 9.17) is 14.2 Å². The molecule has 214 valence electrons. The number of carbonyl (C=O) groups excluding carboxylic acids is 3. The van der Waals surface area contributed by atoms with Gasteiger partial charge in [0.15, 0.2) is 11.8 Å². The van der Waals surface area contributed by atoms with Gasteiger partial charge < -0.3 is 28.3 Å². The van der Waals surface area contributed by atoms with Gasteiger partial charge in [-0.15, -0.1) is 0 Å². The third kappa shape index (κ3) is 4.49. The number of halogens is 1. The number of hydrogen-bond donors (Lipinski definition) is 1. The summed E-state index contributed by atoms with van der Waals surface area (Å²) in [4.78, 5) is 41.3. The van der Waals surface area contributed by atoms with Crippen molar-refractivity contribution >= 4 is 37.6 Å². The molecule has 2 saturated heterocycles. The summed E-state index contributed by atoms with van der Waals surface area (Å²) in [7, 11) is -1.76. The Morgan fingerprint density at radius 3 is 2.60 bits per heavy atom. The van der Waals surface area contributed by atoms with E-state index >= 15 is 4.11 Å². The van der Waals surface area contributed by atoms with Crippen molar-refractivity contribution in [2.75, 3.05) is 23.5 Å². The topological polar surface area (TPSA) is 106 Å². The number of nitrogens with zero attached hydrogens (tertiary/aromatic N) is 2. The molecule has 3 aliphatic rings. The molecule has 0 aromatic heterocycles. The first-order chi connectivity index (χ1) is 18.9. The number of β-lactam (4-membered cyclic amide) rings is 1. The van der Waals surface area contributed by atoms with Crippen LogP contribution >= 0.6 is 0 Å². The predicted molar refractivity (Wildman–Crippen MR) is 148 cm³/mol. The fraction of sp³-hybridized carbons (Fsp3) is 0.483. The highest BCUT2D eigenvalue weighted by Gasteiger charge is 2.66. The van der Waals surface area contributed by atoms with Crippen molar-refractivity contribution in [3.63, 3.8) is 0 Å². The molecule has 1 spiro atoms. The molecule has 1 unspecified atom stereocenters. The Morgan fingerprint density at radius 2 is 1.98 bits per heavy atom. The van der Waals surface area contributed by atoms with Crippen LogP contribution in [0.5, 0.6) is 5.75 Å². The smallest absolute Gasteiger partial charge is 0.304 e. The minimum atomic E-state index is -3.30. The Kier molecular flexibility index (Phi) is 7.26. The lowest BCUT2D eigenvalue weighted by Crippen LogP contribution is -2.54. The van der Waals surface area contributed by atoms with Crippen LogP contribution in [0.4, 0.5) is 15.5 Å². The van der Waals surface area contributed by atoms with Crippen LogP contribution in [0, 0.1) is 5.92 Å². The van der Waals surface area contributed by atoms with Gasteiger partial charge in [-0.1, -0.05) is 19.1 Å². The minimum absolute atomic E-state index is 0.117. The first-order valence-electron chi connectivity index (χ1n) is 13.5. The summed E-state index contributed by atoms with van der Waals surface area (Å²) in [5.41, 5.74) is 0.660. The second kappa shape index (κ2) is 10.3. The summed E-state index contributed by atoms with van der Waals surface area (Å²) in [6.45, 7) is 6.41. The average molecular weight is 571 g/mol. The number of fused-ring (bicyclic) bond motifs is 2. The van der Waals surface area contributed by atoms with Crippen LogP contribution < -0.4 is 14.5 Å². The number of methoxy groups -OCH3 is 1. The second-order valence-electron chi connectivity index (χ2n) is 11.3. The molecule has 0 radical (unpaired) electrons. The van der Waals surface area contributed by atoms with Crippen LogP contribution in [0.2, 0.25) is 18.6 Å². The number of benzene rings is 2. The van der Waals surface area contributed by atoms with E-state index < -0.39 is 43.8 Å². The summed E-state index contributed by atoms with van der Waals surface area (Å²) in [5, 5.41) is 9.74. The van der Waals surface area contributed by atoms with E-state index in [1.165, 1.54) is 11.8 Å². The fourth-order valence-electron chi connectivity index (χ4n) is 6.68. The van der Waals surface area contributed by atoms with E-state index in [2.05, 4.69) is 0 Å². The highest BCUT2D eigenvalue weighted by molar-refractivity contribution is 6.72. The molecule has 2 aromatic rings. The molecule has 2 amide bonds. The highest BCUT2D eigenvalue weighted by Crippen LogP contribution is 2.60. The van der Waals surface area contributed by atoms with E-state index in [1.807, 2.05) is 19.1 Å².